The number of aromatic nitrogens is 1. The molecule has 1 aromatic heterocycles. The number of nitrogens with two attached hydrogens (primary N) is 1. The van der Waals surface area contributed by atoms with Crippen molar-refractivity contribution in [2.24, 2.45) is 23.7 Å². The van der Waals surface area contributed by atoms with Gasteiger partial charge < -0.3 is 31.3 Å². The van der Waals surface area contributed by atoms with Crippen LogP contribution in [0.15, 0.2) is 97.2 Å². The van der Waals surface area contributed by atoms with Gasteiger partial charge in [-0.3, -0.25) is 9.59 Å². The van der Waals surface area contributed by atoms with E-state index >= 15 is 0 Å². The average molecular weight is 827 g/mol. The highest BCUT2D eigenvalue weighted by Gasteiger charge is 2.38. The van der Waals surface area contributed by atoms with Crippen LogP contribution < -0.4 is 21.1 Å². The first-order valence-electron chi connectivity index (χ1n) is 22.4. The number of carbonyl (C=O) groups is 2. The number of allylic oxidation sites excluding steroid dienone is 1. The van der Waals surface area contributed by atoms with Gasteiger partial charge in [0.1, 0.15) is 11.6 Å². The third-order valence-corrected chi connectivity index (χ3v) is 12.9. The number of ketones is 2. The maximum Gasteiger partial charge on any atom is 0.163 e. The molecule has 1 aliphatic heterocycles. The van der Waals surface area contributed by atoms with Crippen molar-refractivity contribution in [3.05, 3.63) is 136 Å². The van der Waals surface area contributed by atoms with Crippen LogP contribution in [0.2, 0.25) is 0 Å². The van der Waals surface area contributed by atoms with Gasteiger partial charge in [0, 0.05) is 31.8 Å². The van der Waals surface area contributed by atoms with E-state index in [9.17, 15) is 19.8 Å². The van der Waals surface area contributed by atoms with Crippen LogP contribution in [0.5, 0.6) is 11.5 Å². The summed E-state index contributed by atoms with van der Waals surface area (Å²) in [4.78, 5) is 30.8. The molecule has 0 amide bonds. The number of nitrogen functional groups attached to an aromatic ring is 1. The van der Waals surface area contributed by atoms with E-state index in [4.69, 9.17) is 10.5 Å². The quantitative estimate of drug-likeness (QED) is 0.0285. The zero-order valence-corrected chi connectivity index (χ0v) is 36.2. The molecular formula is C52H66N4O5. The molecule has 2 aliphatic rings. The second kappa shape index (κ2) is 23.2. The number of hydrogen-bond acceptors (Lipinski definition) is 9. The van der Waals surface area contributed by atoms with Crippen LogP contribution in [0.4, 0.5) is 5.82 Å². The molecule has 2 heterocycles. The second-order valence-corrected chi connectivity index (χ2v) is 17.1. The fourth-order valence-corrected chi connectivity index (χ4v) is 9.60. The first-order valence-corrected chi connectivity index (χ1v) is 22.4. The maximum atomic E-state index is 13.2. The van der Waals surface area contributed by atoms with Gasteiger partial charge in [-0.2, -0.15) is 0 Å². The Morgan fingerprint density at radius 1 is 0.934 bits per heavy atom. The van der Waals surface area contributed by atoms with Crippen molar-refractivity contribution in [1.29, 1.82) is 0 Å². The third-order valence-electron chi connectivity index (χ3n) is 12.9. The van der Waals surface area contributed by atoms with E-state index in [0.717, 1.165) is 87.6 Å². The molecule has 5 unspecified atom stereocenters. The fourth-order valence-electron chi connectivity index (χ4n) is 9.60. The SMILES string of the molecule is CNC1C=CC2CNCCC2C1CC(CCCO)CCCC(=O)CC(=O)C=Cc1cc(OC)c(O)cc1Cc1cnc(N)cc1CCc1cccc(CCc2ccccc2)c1. The number of nitrogens with one attached hydrogen (secondary N) is 2. The molecule has 1 aliphatic carbocycles. The minimum atomic E-state index is -0.261. The van der Waals surface area contributed by atoms with Crippen molar-refractivity contribution < 1.29 is 24.5 Å². The minimum absolute atomic E-state index is 0.00251. The number of aliphatic hydroxyl groups excluding tert-OH is 1. The van der Waals surface area contributed by atoms with Crippen LogP contribution >= 0.6 is 0 Å². The number of fused-ring (bicyclic) bond motifs is 1. The number of aromatic hydroxyl groups is 1. The number of ether oxygens (including phenoxy) is 1. The molecule has 0 radical (unpaired) electrons. The summed E-state index contributed by atoms with van der Waals surface area (Å²) in [5.74, 6) is 2.56. The predicted molar refractivity (Wildman–Crippen MR) is 246 cm³/mol. The monoisotopic (exact) mass is 827 g/mol. The molecule has 5 atom stereocenters. The molecule has 0 saturated carbocycles. The summed E-state index contributed by atoms with van der Waals surface area (Å²) in [6, 6.07) is 25.0. The van der Waals surface area contributed by atoms with Crippen molar-refractivity contribution >= 4 is 23.5 Å². The molecule has 6 rings (SSSR count). The van der Waals surface area contributed by atoms with Gasteiger partial charge in [0.2, 0.25) is 0 Å². The second-order valence-electron chi connectivity index (χ2n) is 17.1. The van der Waals surface area contributed by atoms with Gasteiger partial charge in [-0.05, 0) is 165 Å². The largest absolute Gasteiger partial charge is 0.504 e. The van der Waals surface area contributed by atoms with Gasteiger partial charge in [-0.25, -0.2) is 4.98 Å². The fraction of sp³-hybridized carbons (Fsp3) is 0.442. The van der Waals surface area contributed by atoms with Crippen molar-refractivity contribution in [1.82, 2.24) is 15.6 Å². The summed E-state index contributed by atoms with van der Waals surface area (Å²) < 4.78 is 5.44. The lowest BCUT2D eigenvalue weighted by molar-refractivity contribution is -0.124. The number of carbonyl (C=O) groups excluding carboxylic acids is 2. The van der Waals surface area contributed by atoms with Gasteiger partial charge in [0.05, 0.1) is 13.5 Å². The van der Waals surface area contributed by atoms with Crippen LogP contribution in [0, 0.1) is 23.7 Å². The molecule has 61 heavy (non-hydrogen) atoms. The lowest BCUT2D eigenvalue weighted by atomic mass is 9.66. The lowest BCUT2D eigenvalue weighted by Gasteiger charge is -2.44. The number of aliphatic hydroxyl groups is 1. The molecule has 1 fully saturated rings. The first-order chi connectivity index (χ1) is 29.7. The van der Waals surface area contributed by atoms with E-state index in [1.54, 1.807) is 24.4 Å². The van der Waals surface area contributed by atoms with Gasteiger partial charge in [0.25, 0.3) is 0 Å². The van der Waals surface area contributed by atoms with Crippen LogP contribution in [0.1, 0.15) is 90.3 Å². The molecule has 1 saturated heterocycles. The minimum Gasteiger partial charge on any atom is -0.504 e. The predicted octanol–water partition coefficient (Wildman–Crippen LogP) is 8.03. The van der Waals surface area contributed by atoms with E-state index in [1.165, 1.54) is 36.3 Å². The number of benzene rings is 3. The number of Topliss-reactive ketones (excluding diaryl/α,β-unsaturated/α-hetero) is 1. The zero-order chi connectivity index (χ0) is 43.0. The summed E-state index contributed by atoms with van der Waals surface area (Å²) in [5.41, 5.74) is 13.6. The molecule has 9 nitrogen and oxygen atoms in total. The number of likely N-dealkylation sites (N-methyl/N-ethyl adjacent to an activating group) is 1. The van der Waals surface area contributed by atoms with Gasteiger partial charge in [0.15, 0.2) is 17.3 Å². The highest BCUT2D eigenvalue weighted by molar-refractivity contribution is 6.06. The smallest absolute Gasteiger partial charge is 0.163 e. The van der Waals surface area contributed by atoms with Crippen LogP contribution in [-0.4, -0.2) is 66.7 Å². The van der Waals surface area contributed by atoms with Crippen LogP contribution in [0.3, 0.4) is 0 Å². The number of aryl methyl sites for hydroxylation is 4. The maximum absolute atomic E-state index is 13.2. The number of nitrogens with zero attached hydrogens (tertiary/aromatic N) is 1. The number of methoxy groups -OCH3 is 1. The Morgan fingerprint density at radius 2 is 1.69 bits per heavy atom. The van der Waals surface area contributed by atoms with Gasteiger partial charge in [-0.15, -0.1) is 0 Å². The Balaban J connectivity index is 1.06. The van der Waals surface area contributed by atoms with Gasteiger partial charge >= 0.3 is 0 Å². The van der Waals surface area contributed by atoms with Gasteiger partial charge in [-0.1, -0.05) is 79.2 Å². The molecule has 4 aromatic rings. The van der Waals surface area contributed by atoms with Crippen molar-refractivity contribution in [3.8, 4) is 11.5 Å². The van der Waals surface area contributed by atoms with E-state index in [2.05, 4.69) is 76.3 Å². The van der Waals surface area contributed by atoms with Crippen LogP contribution in [0.25, 0.3) is 6.08 Å². The topological polar surface area (TPSA) is 147 Å². The van der Waals surface area contributed by atoms with E-state index in [0.29, 0.717) is 59.7 Å². The zero-order valence-electron chi connectivity index (χ0n) is 36.2. The normalized spacial score (nSPS) is 19.1. The number of piperidine rings is 1. The van der Waals surface area contributed by atoms with Crippen molar-refractivity contribution in [2.75, 3.05) is 39.6 Å². The van der Waals surface area contributed by atoms with E-state index in [-0.39, 0.29) is 30.3 Å². The molecule has 3 aromatic carbocycles. The lowest BCUT2D eigenvalue weighted by Crippen LogP contribution is -2.48. The van der Waals surface area contributed by atoms with E-state index in [1.807, 2.05) is 19.2 Å². The summed E-state index contributed by atoms with van der Waals surface area (Å²) in [6.45, 7) is 2.25. The summed E-state index contributed by atoms with van der Waals surface area (Å²) in [6.07, 6.45) is 19.5. The highest BCUT2D eigenvalue weighted by atomic mass is 16.5. The van der Waals surface area contributed by atoms with Crippen molar-refractivity contribution in [3.63, 3.8) is 0 Å². The molecular weight excluding hydrogens is 761 g/mol. The standard InChI is InChI=1S/C52H66N4O5/c1-54-49-23-21-42-34-55-25-24-47(42)48(49)28-37(14-8-26-57)13-7-15-45(58)33-46(59)22-20-40-31-51(61-2)50(60)30-43(40)29-44-35-56-52(53)32-41(44)19-18-39-12-6-11-38(27-39)17-16-36-9-4-3-5-10-36/h3-6,9-12,20-23,27,30-32,35,37,42,47-49,54-55,57,60H,7-8,13-19,24-26,28-29,33-34H2,1-2H3,(H2,53,56). The summed E-state index contributed by atoms with van der Waals surface area (Å²) >= 11 is 0. The summed E-state index contributed by atoms with van der Waals surface area (Å²) in [5, 5.41) is 27.6. The highest BCUT2D eigenvalue weighted by Crippen LogP contribution is 2.40. The summed E-state index contributed by atoms with van der Waals surface area (Å²) in [7, 11) is 3.54. The Kier molecular flexibility index (Phi) is 17.3. The number of hydrogen-bond donors (Lipinski definition) is 5. The number of rotatable bonds is 23. The Morgan fingerprint density at radius 3 is 2.46 bits per heavy atom. The first kappa shape index (κ1) is 45.4. The molecule has 0 bridgehead atoms. The Labute approximate surface area is 362 Å². The van der Waals surface area contributed by atoms with E-state index < -0.39 is 0 Å². The molecule has 324 valence electrons. The number of pyridine rings is 1. The third kappa shape index (κ3) is 13.4. The Bertz CT molecular complexity index is 2100. The number of phenolic OH excluding ortho intramolecular Hbond substituents is 1. The number of phenols is 1. The average Bonchev–Trinajstić information content (AvgIpc) is 3.27. The molecule has 9 heteroatoms. The Hall–Kier alpha value is -5.09. The molecule has 0 spiro atoms. The van der Waals surface area contributed by atoms with Crippen LogP contribution in [-0.2, 0) is 41.7 Å². The van der Waals surface area contributed by atoms with Crippen molar-refractivity contribution in [2.45, 2.75) is 89.5 Å². The molecule has 6 N–H and O–H groups in total. The number of anilines is 1.